The highest BCUT2D eigenvalue weighted by molar-refractivity contribution is 7.28. The Kier molecular flexibility index (Phi) is 4.25. The maximum absolute atomic E-state index is 5.26. The third-order valence-electron chi connectivity index (χ3n) is 3.84. The normalized spacial score (nSPS) is 11.5. The van der Waals surface area contributed by atoms with Crippen LogP contribution in [-0.4, -0.2) is 15.2 Å². The predicted molar refractivity (Wildman–Crippen MR) is 83.3 cm³/mol. The maximum atomic E-state index is 5.26. The van der Waals surface area contributed by atoms with Crippen molar-refractivity contribution in [2.45, 2.75) is 25.9 Å². The summed E-state index contributed by atoms with van der Waals surface area (Å²) in [6.07, 6.45) is 0. The lowest BCUT2D eigenvalue weighted by molar-refractivity contribution is 0.415. The van der Waals surface area contributed by atoms with E-state index in [1.165, 1.54) is 17.3 Å². The van der Waals surface area contributed by atoms with Gasteiger partial charge in [0.05, 0.1) is 7.11 Å². The fourth-order valence-corrected chi connectivity index (χ4v) is 8.91. The van der Waals surface area contributed by atoms with Gasteiger partial charge in [-0.25, -0.2) is 0 Å². The summed E-state index contributed by atoms with van der Waals surface area (Å²) in [5.74, 6) is 0.944. The lowest BCUT2D eigenvalue weighted by Crippen LogP contribution is -2.55. The van der Waals surface area contributed by atoms with Gasteiger partial charge in [-0.15, -0.1) is 0 Å². The number of hydrogen-bond donors (Lipinski definition) is 0. The second-order valence-electron chi connectivity index (χ2n) is 4.50. The molecule has 3 heteroatoms. The van der Waals surface area contributed by atoms with Crippen LogP contribution in [0.3, 0.4) is 0 Å². The van der Waals surface area contributed by atoms with Crippen molar-refractivity contribution in [3.05, 3.63) is 41.8 Å². The van der Waals surface area contributed by atoms with Crippen LogP contribution in [0.5, 0.6) is 5.75 Å². The van der Waals surface area contributed by atoms with Crippen molar-refractivity contribution < 1.29 is 4.74 Å². The first-order chi connectivity index (χ1) is 8.76. The third kappa shape index (κ3) is 2.25. The Labute approximate surface area is 114 Å². The molecule has 1 heterocycles. The zero-order valence-electron chi connectivity index (χ0n) is 11.3. The van der Waals surface area contributed by atoms with Gasteiger partial charge in [0, 0.05) is 0 Å². The summed E-state index contributed by atoms with van der Waals surface area (Å²) in [5.41, 5.74) is 0. The van der Waals surface area contributed by atoms with E-state index in [-0.39, 0.29) is 0 Å². The Balaban J connectivity index is 2.46. The average Bonchev–Trinajstić information content (AvgIpc) is 2.96. The van der Waals surface area contributed by atoms with Crippen LogP contribution in [0.4, 0.5) is 0 Å². The van der Waals surface area contributed by atoms with Crippen molar-refractivity contribution in [1.82, 2.24) is 0 Å². The summed E-state index contributed by atoms with van der Waals surface area (Å²) in [6.45, 7) is 4.67. The van der Waals surface area contributed by atoms with Crippen LogP contribution in [0.1, 0.15) is 13.8 Å². The fourth-order valence-electron chi connectivity index (χ4n) is 2.61. The molecule has 0 aliphatic heterocycles. The van der Waals surface area contributed by atoms with Gasteiger partial charge in [-0.2, -0.15) is 11.3 Å². The Morgan fingerprint density at radius 2 is 1.72 bits per heavy atom. The van der Waals surface area contributed by atoms with E-state index in [2.05, 4.69) is 55.6 Å². The summed E-state index contributed by atoms with van der Waals surface area (Å²) >= 11 is 1.91. The molecule has 2 aromatic rings. The molecule has 0 saturated heterocycles. The van der Waals surface area contributed by atoms with Crippen molar-refractivity contribution in [2.75, 3.05) is 7.11 Å². The Morgan fingerprint density at radius 1 is 1.06 bits per heavy atom. The summed E-state index contributed by atoms with van der Waals surface area (Å²) in [4.78, 5) is 0. The molecule has 0 amide bonds. The molecule has 0 atom stereocenters. The van der Waals surface area contributed by atoms with Gasteiger partial charge in [0.1, 0.15) is 13.8 Å². The number of benzene rings is 1. The highest BCUT2D eigenvalue weighted by Crippen LogP contribution is 2.19. The lowest BCUT2D eigenvalue weighted by atomic mass is 10.3. The molecule has 0 bridgehead atoms. The molecule has 0 radical (unpaired) electrons. The minimum absolute atomic E-state index is 0.944. The van der Waals surface area contributed by atoms with Crippen molar-refractivity contribution in [1.29, 1.82) is 0 Å². The molecule has 0 unspecified atom stereocenters. The molecule has 0 saturated carbocycles. The van der Waals surface area contributed by atoms with Crippen molar-refractivity contribution in [2.24, 2.45) is 0 Å². The maximum Gasteiger partial charge on any atom is 0.130 e. The third-order valence-corrected chi connectivity index (χ3v) is 11.0. The second kappa shape index (κ2) is 5.72. The molecule has 2 rings (SSSR count). The molecule has 18 heavy (non-hydrogen) atoms. The fraction of sp³-hybridized carbons (Fsp3) is 0.333. The first kappa shape index (κ1) is 13.4. The molecule has 0 spiro atoms. The van der Waals surface area contributed by atoms with E-state index in [1.54, 1.807) is 11.6 Å². The topological polar surface area (TPSA) is 9.23 Å². The Bertz CT molecular complexity index is 472. The molecular weight excluding hydrogens is 256 g/mol. The van der Waals surface area contributed by atoms with E-state index in [4.69, 9.17) is 4.74 Å². The first-order valence-electron chi connectivity index (χ1n) is 6.45. The molecule has 1 aromatic carbocycles. The second-order valence-corrected chi connectivity index (χ2v) is 10.5. The quantitative estimate of drug-likeness (QED) is 0.761. The van der Waals surface area contributed by atoms with Gasteiger partial charge in [-0.1, -0.05) is 55.4 Å². The van der Waals surface area contributed by atoms with E-state index >= 15 is 0 Å². The number of rotatable bonds is 5. The molecule has 1 aromatic heterocycles. The zero-order chi connectivity index (χ0) is 13.0. The van der Waals surface area contributed by atoms with Crippen LogP contribution in [0.2, 0.25) is 12.1 Å². The smallest absolute Gasteiger partial charge is 0.130 e. The van der Waals surface area contributed by atoms with Gasteiger partial charge < -0.3 is 4.74 Å². The number of methoxy groups -OCH3 is 1. The summed E-state index contributed by atoms with van der Waals surface area (Å²) in [7, 11) is 0.205. The summed E-state index contributed by atoms with van der Waals surface area (Å²) in [6, 6.07) is 15.7. The highest BCUT2D eigenvalue weighted by Gasteiger charge is 2.34. The van der Waals surface area contributed by atoms with Crippen LogP contribution < -0.4 is 14.4 Å². The average molecular weight is 276 g/mol. The van der Waals surface area contributed by atoms with Crippen LogP contribution in [0, 0.1) is 0 Å². The van der Waals surface area contributed by atoms with Crippen molar-refractivity contribution in [3.63, 3.8) is 0 Å². The summed E-state index contributed by atoms with van der Waals surface area (Å²) < 4.78 is 6.85. The van der Waals surface area contributed by atoms with Crippen LogP contribution in [-0.2, 0) is 0 Å². The van der Waals surface area contributed by atoms with Gasteiger partial charge in [-0.3, -0.25) is 0 Å². The van der Waals surface area contributed by atoms with Crippen molar-refractivity contribution in [3.8, 4) is 5.75 Å². The van der Waals surface area contributed by atoms with Gasteiger partial charge in [0.25, 0.3) is 0 Å². The standard InChI is InChI=1S/C15H20OSSi/c1-4-18(5-2,15-7-6-12-17-15)14-10-8-13(16-3)9-11-14/h6-12H,4-5H2,1-3H3. The van der Waals surface area contributed by atoms with E-state index in [9.17, 15) is 0 Å². The molecule has 0 aliphatic carbocycles. The largest absolute Gasteiger partial charge is 0.497 e. The van der Waals surface area contributed by atoms with Gasteiger partial charge in [0.15, 0.2) is 0 Å². The van der Waals surface area contributed by atoms with Crippen molar-refractivity contribution >= 4 is 29.1 Å². The molecule has 1 nitrogen and oxygen atoms in total. The van der Waals surface area contributed by atoms with E-state index in [0.29, 0.717) is 0 Å². The molecule has 0 aliphatic rings. The first-order valence-corrected chi connectivity index (χ1v) is 9.74. The van der Waals surface area contributed by atoms with Gasteiger partial charge in [0.2, 0.25) is 0 Å². The Hall–Kier alpha value is -1.06. The van der Waals surface area contributed by atoms with E-state index < -0.39 is 8.07 Å². The van der Waals surface area contributed by atoms with Crippen LogP contribution in [0.15, 0.2) is 41.8 Å². The molecule has 0 fully saturated rings. The monoisotopic (exact) mass is 276 g/mol. The lowest BCUT2D eigenvalue weighted by Gasteiger charge is -2.29. The molecule has 96 valence electrons. The summed E-state index contributed by atoms with van der Waals surface area (Å²) in [5, 5.41) is 3.72. The minimum atomic E-state index is -1.52. The number of thiophene rings is 1. The highest BCUT2D eigenvalue weighted by atomic mass is 32.1. The van der Waals surface area contributed by atoms with Gasteiger partial charge >= 0.3 is 0 Å². The number of hydrogen-bond acceptors (Lipinski definition) is 2. The number of ether oxygens (including phenoxy) is 1. The van der Waals surface area contributed by atoms with E-state index in [1.807, 2.05) is 11.3 Å². The SMILES string of the molecule is CC[Si](CC)(c1ccc(OC)cc1)c1cccs1. The van der Waals surface area contributed by atoms with Crippen LogP contribution in [0.25, 0.3) is 0 Å². The van der Waals surface area contributed by atoms with E-state index in [0.717, 1.165) is 5.75 Å². The molecular formula is C15H20OSSi. The molecule has 0 N–H and O–H groups in total. The Morgan fingerprint density at radius 3 is 2.17 bits per heavy atom. The zero-order valence-corrected chi connectivity index (χ0v) is 13.1. The van der Waals surface area contributed by atoms with Gasteiger partial charge in [-0.05, 0) is 22.0 Å². The minimum Gasteiger partial charge on any atom is -0.497 e. The van der Waals surface area contributed by atoms with Crippen LogP contribution >= 0.6 is 11.3 Å². The predicted octanol–water partition coefficient (Wildman–Crippen LogP) is 3.36.